The van der Waals surface area contributed by atoms with Gasteiger partial charge in [-0.1, -0.05) is 45.1 Å². The zero-order valence-corrected chi connectivity index (χ0v) is 12.6. The molecule has 1 aromatic rings. The van der Waals surface area contributed by atoms with Gasteiger partial charge in [0, 0.05) is 0 Å². The Morgan fingerprint density at radius 2 is 1.71 bits per heavy atom. The average Bonchev–Trinajstić information content (AvgIpc) is 2.50. The summed E-state index contributed by atoms with van der Waals surface area (Å²) in [4.78, 5) is 27.8. The van der Waals surface area contributed by atoms with E-state index in [1.165, 1.54) is 38.2 Å². The molecule has 0 bridgehead atoms. The Hall–Kier alpha value is -2.02. The monoisotopic (exact) mass is 286 g/mol. The van der Waals surface area contributed by atoms with Crippen molar-refractivity contribution in [1.29, 1.82) is 0 Å². The van der Waals surface area contributed by atoms with Crippen LogP contribution in [0.25, 0.3) is 0 Å². The Morgan fingerprint density at radius 1 is 0.952 bits per heavy atom. The second-order valence-electron chi connectivity index (χ2n) is 5.08. The van der Waals surface area contributed by atoms with Crippen molar-refractivity contribution in [3.63, 3.8) is 0 Å². The van der Waals surface area contributed by atoms with Gasteiger partial charge in [-0.05, 0) is 36.1 Å². The standard InChI is InChI=1S/C17H22N2O2/c1-2-3-4-5-6-7-8-15-9-10-17(19-14-21)11-16(15)12-18-13-20/h9-11H,2-8,12H2,1H3. The molecule has 0 saturated carbocycles. The fourth-order valence-corrected chi connectivity index (χ4v) is 2.34. The highest BCUT2D eigenvalue weighted by Crippen LogP contribution is 2.21. The highest BCUT2D eigenvalue weighted by Gasteiger charge is 2.04. The first kappa shape index (κ1) is 17.0. The molecule has 0 unspecified atom stereocenters. The summed E-state index contributed by atoms with van der Waals surface area (Å²) in [5.41, 5.74) is 2.64. The topological polar surface area (TPSA) is 58.9 Å². The van der Waals surface area contributed by atoms with E-state index in [4.69, 9.17) is 0 Å². The fraction of sp³-hybridized carbons (Fsp3) is 0.529. The van der Waals surface area contributed by atoms with Crippen LogP contribution in [0.15, 0.2) is 28.2 Å². The highest BCUT2D eigenvalue weighted by molar-refractivity contribution is 5.52. The molecule has 0 atom stereocenters. The van der Waals surface area contributed by atoms with Gasteiger partial charge in [0.05, 0.1) is 12.2 Å². The van der Waals surface area contributed by atoms with Crippen LogP contribution in [-0.2, 0) is 22.6 Å². The first-order chi connectivity index (χ1) is 10.3. The third-order valence-corrected chi connectivity index (χ3v) is 3.48. The first-order valence-corrected chi connectivity index (χ1v) is 7.55. The lowest BCUT2D eigenvalue weighted by Crippen LogP contribution is -1.94. The normalized spacial score (nSPS) is 9.76. The number of isocyanates is 2. The van der Waals surface area contributed by atoms with Gasteiger partial charge in [0.2, 0.25) is 12.2 Å². The summed E-state index contributed by atoms with van der Waals surface area (Å²) in [7, 11) is 0. The Balaban J connectivity index is 2.62. The minimum atomic E-state index is 0.289. The van der Waals surface area contributed by atoms with Crippen molar-refractivity contribution in [1.82, 2.24) is 0 Å². The van der Waals surface area contributed by atoms with Gasteiger partial charge in [-0.15, -0.1) is 0 Å². The Morgan fingerprint density at radius 3 is 2.43 bits per heavy atom. The van der Waals surface area contributed by atoms with Crippen LogP contribution in [0.1, 0.15) is 56.6 Å². The number of carbonyl (C=O) groups excluding carboxylic acids is 2. The van der Waals surface area contributed by atoms with E-state index in [1.807, 2.05) is 6.07 Å². The van der Waals surface area contributed by atoms with Gasteiger partial charge in [0.15, 0.2) is 0 Å². The first-order valence-electron chi connectivity index (χ1n) is 7.55. The molecule has 21 heavy (non-hydrogen) atoms. The maximum absolute atomic E-state index is 10.3. The second-order valence-corrected chi connectivity index (χ2v) is 5.08. The molecular formula is C17H22N2O2. The SMILES string of the molecule is CCCCCCCCc1ccc(N=C=O)cc1CN=C=O. The van der Waals surface area contributed by atoms with Gasteiger partial charge in [-0.3, -0.25) is 0 Å². The van der Waals surface area contributed by atoms with Gasteiger partial charge >= 0.3 is 0 Å². The molecule has 0 amide bonds. The smallest absolute Gasteiger partial charge is 0.211 e. The van der Waals surface area contributed by atoms with E-state index < -0.39 is 0 Å². The molecule has 1 aromatic carbocycles. The molecule has 1 rings (SSSR count). The van der Waals surface area contributed by atoms with E-state index in [1.54, 1.807) is 18.2 Å². The molecule has 0 fully saturated rings. The lowest BCUT2D eigenvalue weighted by atomic mass is 10.00. The molecule has 112 valence electrons. The third kappa shape index (κ3) is 6.80. The fourth-order valence-electron chi connectivity index (χ4n) is 2.34. The number of aryl methyl sites for hydroxylation is 1. The van der Waals surface area contributed by atoms with Crippen LogP contribution in [0.3, 0.4) is 0 Å². The summed E-state index contributed by atoms with van der Waals surface area (Å²) in [5.74, 6) is 0. The predicted octanol–water partition coefficient (Wildman–Crippen LogP) is 4.39. The van der Waals surface area contributed by atoms with Crippen molar-refractivity contribution in [2.75, 3.05) is 0 Å². The summed E-state index contributed by atoms with van der Waals surface area (Å²) in [5, 5.41) is 0. The molecule has 0 saturated heterocycles. The minimum Gasteiger partial charge on any atom is -0.211 e. The summed E-state index contributed by atoms with van der Waals surface area (Å²) in [6.45, 7) is 2.50. The van der Waals surface area contributed by atoms with Crippen molar-refractivity contribution in [3.8, 4) is 0 Å². The zero-order chi connectivity index (χ0) is 15.3. The molecule has 0 N–H and O–H groups in total. The lowest BCUT2D eigenvalue weighted by molar-refractivity contribution is 0.562. The van der Waals surface area contributed by atoms with Crippen molar-refractivity contribution in [2.45, 2.75) is 58.4 Å². The van der Waals surface area contributed by atoms with E-state index >= 15 is 0 Å². The van der Waals surface area contributed by atoms with Crippen LogP contribution >= 0.6 is 0 Å². The number of benzene rings is 1. The molecule has 0 aromatic heterocycles. The maximum atomic E-state index is 10.3. The number of aliphatic imine (C=N–C) groups is 2. The van der Waals surface area contributed by atoms with Crippen LogP contribution in [-0.4, -0.2) is 12.2 Å². The molecular weight excluding hydrogens is 264 g/mol. The Labute approximate surface area is 126 Å². The number of rotatable bonds is 10. The van der Waals surface area contributed by atoms with Crippen molar-refractivity contribution >= 4 is 17.8 Å². The molecule has 0 aliphatic heterocycles. The minimum absolute atomic E-state index is 0.289. The predicted molar refractivity (Wildman–Crippen MR) is 83.1 cm³/mol. The van der Waals surface area contributed by atoms with Gasteiger partial charge < -0.3 is 0 Å². The van der Waals surface area contributed by atoms with E-state index in [9.17, 15) is 9.59 Å². The van der Waals surface area contributed by atoms with E-state index in [0.717, 1.165) is 24.0 Å². The molecule has 0 spiro atoms. The average molecular weight is 286 g/mol. The number of hydrogen-bond donors (Lipinski definition) is 0. The van der Waals surface area contributed by atoms with Crippen LogP contribution in [0, 0.1) is 0 Å². The molecule has 0 aliphatic rings. The zero-order valence-electron chi connectivity index (χ0n) is 12.6. The summed E-state index contributed by atoms with van der Waals surface area (Å²) in [6.07, 6.45) is 11.5. The van der Waals surface area contributed by atoms with Gasteiger partial charge in [0.25, 0.3) is 0 Å². The van der Waals surface area contributed by atoms with Crippen molar-refractivity contribution in [3.05, 3.63) is 29.3 Å². The lowest BCUT2D eigenvalue weighted by Gasteiger charge is -2.08. The Bertz CT molecular complexity index is 528. The van der Waals surface area contributed by atoms with Gasteiger partial charge in [-0.25, -0.2) is 14.6 Å². The molecule has 0 heterocycles. The van der Waals surface area contributed by atoms with Crippen LogP contribution in [0.5, 0.6) is 0 Å². The van der Waals surface area contributed by atoms with Gasteiger partial charge in [0.1, 0.15) is 0 Å². The van der Waals surface area contributed by atoms with E-state index in [-0.39, 0.29) is 6.54 Å². The molecule has 4 heteroatoms. The number of unbranched alkanes of at least 4 members (excludes halogenated alkanes) is 5. The number of hydrogen-bond acceptors (Lipinski definition) is 4. The Kier molecular flexibility index (Phi) is 8.70. The van der Waals surface area contributed by atoms with Crippen LogP contribution in [0.4, 0.5) is 5.69 Å². The molecule has 0 aliphatic carbocycles. The molecule has 0 radical (unpaired) electrons. The quantitative estimate of drug-likeness (QED) is 0.364. The van der Waals surface area contributed by atoms with Crippen molar-refractivity contribution < 1.29 is 9.59 Å². The summed E-state index contributed by atoms with van der Waals surface area (Å²) >= 11 is 0. The summed E-state index contributed by atoms with van der Waals surface area (Å²) in [6, 6.07) is 5.54. The third-order valence-electron chi connectivity index (χ3n) is 3.48. The van der Waals surface area contributed by atoms with Gasteiger partial charge in [-0.2, -0.15) is 4.99 Å². The maximum Gasteiger partial charge on any atom is 0.240 e. The second kappa shape index (κ2) is 10.7. The van der Waals surface area contributed by atoms with Crippen LogP contribution in [0.2, 0.25) is 0 Å². The van der Waals surface area contributed by atoms with E-state index in [2.05, 4.69) is 16.9 Å². The van der Waals surface area contributed by atoms with Crippen molar-refractivity contribution in [2.24, 2.45) is 9.98 Å². The highest BCUT2D eigenvalue weighted by atomic mass is 16.1. The van der Waals surface area contributed by atoms with Crippen LogP contribution < -0.4 is 0 Å². The summed E-state index contributed by atoms with van der Waals surface area (Å²) < 4.78 is 0. The van der Waals surface area contributed by atoms with E-state index in [0.29, 0.717) is 5.69 Å². The largest absolute Gasteiger partial charge is 0.240 e. The number of nitrogens with zero attached hydrogens (tertiary/aromatic N) is 2. The molecule has 4 nitrogen and oxygen atoms in total.